The van der Waals surface area contributed by atoms with Crippen molar-refractivity contribution in [3.05, 3.63) is 41.7 Å². The average molecular weight is 370 g/mol. The van der Waals surface area contributed by atoms with Crippen LogP contribution in [0.3, 0.4) is 0 Å². The second kappa shape index (κ2) is 6.29. The number of hydrogen-bond donors (Lipinski definition) is 0. The molecule has 0 bridgehead atoms. The fourth-order valence-corrected chi connectivity index (χ4v) is 3.65. The number of Topliss-reactive ketones (excluding diaryl/α,β-unsaturated/α-hetero) is 1. The van der Waals surface area contributed by atoms with Crippen LogP contribution in [0.2, 0.25) is 5.32 Å². The molecule has 0 amide bonds. The van der Waals surface area contributed by atoms with Gasteiger partial charge < -0.3 is 0 Å². The first-order valence-corrected chi connectivity index (χ1v) is 9.02. The molecule has 2 aromatic heterocycles. The Labute approximate surface area is 139 Å². The van der Waals surface area contributed by atoms with Gasteiger partial charge in [-0.25, -0.2) is 0 Å². The summed E-state index contributed by atoms with van der Waals surface area (Å²) in [5.74, 6) is 0.0866. The SMILES string of the molecule is CC(=O)C[Se]c1nc2c(nc1C#N)c(C)nn2-c1ccccc1. The van der Waals surface area contributed by atoms with Crippen LogP contribution in [0.1, 0.15) is 18.3 Å². The van der Waals surface area contributed by atoms with Crippen LogP contribution in [-0.4, -0.2) is 40.5 Å². The number of carbonyl (C=O) groups is 1. The molecule has 6 nitrogen and oxygen atoms in total. The number of nitriles is 1. The molecule has 0 atom stereocenters. The third-order valence-electron chi connectivity index (χ3n) is 3.16. The van der Waals surface area contributed by atoms with Crippen molar-refractivity contribution >= 4 is 36.5 Å². The van der Waals surface area contributed by atoms with Crippen LogP contribution in [-0.2, 0) is 4.79 Å². The quantitative estimate of drug-likeness (QED) is 0.647. The fraction of sp³-hybridized carbons (Fsp3) is 0.188. The van der Waals surface area contributed by atoms with Crippen LogP contribution in [0.25, 0.3) is 16.9 Å². The van der Waals surface area contributed by atoms with E-state index in [0.29, 0.717) is 21.1 Å². The van der Waals surface area contributed by atoms with Crippen molar-refractivity contribution in [3.8, 4) is 11.8 Å². The summed E-state index contributed by atoms with van der Waals surface area (Å²) in [4.78, 5) is 20.3. The Morgan fingerprint density at radius 3 is 2.70 bits per heavy atom. The van der Waals surface area contributed by atoms with E-state index >= 15 is 0 Å². The van der Waals surface area contributed by atoms with Gasteiger partial charge in [0.15, 0.2) is 0 Å². The maximum absolute atomic E-state index is 11.2. The summed E-state index contributed by atoms with van der Waals surface area (Å²) >= 11 is -0.211. The predicted molar refractivity (Wildman–Crippen MR) is 87.0 cm³/mol. The molecule has 0 aliphatic rings. The number of aryl methyl sites for hydroxylation is 1. The number of nitrogens with zero attached hydrogens (tertiary/aromatic N) is 5. The van der Waals surface area contributed by atoms with Gasteiger partial charge in [0.25, 0.3) is 0 Å². The van der Waals surface area contributed by atoms with Gasteiger partial charge in [-0.2, -0.15) is 0 Å². The summed E-state index contributed by atoms with van der Waals surface area (Å²) in [6, 6.07) is 11.7. The zero-order valence-electron chi connectivity index (χ0n) is 12.6. The summed E-state index contributed by atoms with van der Waals surface area (Å²) in [7, 11) is 0. The van der Waals surface area contributed by atoms with E-state index in [1.165, 1.54) is 6.92 Å². The zero-order valence-corrected chi connectivity index (χ0v) is 14.4. The van der Waals surface area contributed by atoms with Gasteiger partial charge in [0.2, 0.25) is 0 Å². The number of aromatic nitrogens is 4. The number of benzene rings is 1. The summed E-state index contributed by atoms with van der Waals surface area (Å²) in [6.07, 6.45) is 0. The summed E-state index contributed by atoms with van der Waals surface area (Å²) in [5.41, 5.74) is 3.13. The maximum atomic E-state index is 11.2. The van der Waals surface area contributed by atoms with E-state index in [1.807, 2.05) is 37.3 Å². The standard InChI is InChI=1S/C16H13N5OSe/c1-10(22)9-23-16-13(8-17)18-14-11(2)20-21(15(14)19-16)12-6-4-3-5-7-12/h3-7H,9H2,1-2H3. The Bertz CT molecular complexity index is 927. The first-order valence-electron chi connectivity index (χ1n) is 6.95. The molecule has 0 fully saturated rings. The third-order valence-corrected chi connectivity index (χ3v) is 5.48. The molecular weight excluding hydrogens is 357 g/mol. The Balaban J connectivity index is 2.19. The molecule has 0 radical (unpaired) electrons. The monoisotopic (exact) mass is 371 g/mol. The summed E-state index contributed by atoms with van der Waals surface area (Å²) < 4.78 is 2.33. The van der Waals surface area contributed by atoms with Crippen LogP contribution in [0, 0.1) is 18.3 Å². The molecule has 0 N–H and O–H groups in total. The molecule has 0 aliphatic heterocycles. The van der Waals surface area contributed by atoms with E-state index in [-0.39, 0.29) is 26.4 Å². The Kier molecular flexibility index (Phi) is 4.20. The van der Waals surface area contributed by atoms with Crippen LogP contribution in [0.5, 0.6) is 0 Å². The van der Waals surface area contributed by atoms with Gasteiger partial charge in [0, 0.05) is 0 Å². The van der Waals surface area contributed by atoms with Crippen LogP contribution in [0.15, 0.2) is 30.3 Å². The van der Waals surface area contributed by atoms with Crippen LogP contribution >= 0.6 is 0 Å². The van der Waals surface area contributed by atoms with Gasteiger partial charge in [-0.3, -0.25) is 0 Å². The number of ketones is 1. The summed E-state index contributed by atoms with van der Waals surface area (Å²) in [6.45, 7) is 3.39. The number of rotatable bonds is 4. The van der Waals surface area contributed by atoms with Gasteiger partial charge in [0.1, 0.15) is 0 Å². The molecule has 0 aliphatic carbocycles. The third kappa shape index (κ3) is 3.00. The van der Waals surface area contributed by atoms with E-state index in [4.69, 9.17) is 0 Å². The molecule has 7 heteroatoms. The van der Waals surface area contributed by atoms with Gasteiger partial charge in [-0.1, -0.05) is 0 Å². The van der Waals surface area contributed by atoms with Crippen molar-refractivity contribution in [1.82, 2.24) is 19.7 Å². The van der Waals surface area contributed by atoms with Crippen LogP contribution < -0.4 is 4.59 Å². The van der Waals surface area contributed by atoms with Crippen molar-refractivity contribution < 1.29 is 4.79 Å². The van der Waals surface area contributed by atoms with Crippen molar-refractivity contribution in [2.45, 2.75) is 19.2 Å². The topological polar surface area (TPSA) is 84.5 Å². The van der Waals surface area contributed by atoms with E-state index in [1.54, 1.807) is 4.68 Å². The Morgan fingerprint density at radius 2 is 2.04 bits per heavy atom. The van der Waals surface area contributed by atoms with Gasteiger partial charge in [-0.05, 0) is 0 Å². The molecule has 3 aromatic rings. The molecular formula is C16H13N5OSe. The molecule has 1 aromatic carbocycles. The van der Waals surface area contributed by atoms with E-state index < -0.39 is 0 Å². The van der Waals surface area contributed by atoms with Crippen molar-refractivity contribution in [3.63, 3.8) is 0 Å². The van der Waals surface area contributed by atoms with Crippen LogP contribution in [0.4, 0.5) is 0 Å². The van der Waals surface area contributed by atoms with Gasteiger partial charge >= 0.3 is 139 Å². The number of carbonyl (C=O) groups excluding carboxylic acids is 1. The molecule has 114 valence electrons. The normalized spacial score (nSPS) is 10.7. The Morgan fingerprint density at radius 1 is 1.30 bits per heavy atom. The molecule has 0 unspecified atom stereocenters. The average Bonchev–Trinajstić information content (AvgIpc) is 2.89. The first kappa shape index (κ1) is 15.3. The second-order valence-corrected chi connectivity index (χ2v) is 7.01. The molecule has 0 saturated carbocycles. The number of hydrogen-bond acceptors (Lipinski definition) is 5. The minimum atomic E-state index is -0.211. The van der Waals surface area contributed by atoms with Crippen molar-refractivity contribution in [2.75, 3.05) is 0 Å². The van der Waals surface area contributed by atoms with Crippen molar-refractivity contribution in [1.29, 1.82) is 5.26 Å². The first-order chi connectivity index (χ1) is 11.1. The van der Waals surface area contributed by atoms with E-state index in [0.717, 1.165) is 11.4 Å². The number of fused-ring (bicyclic) bond motifs is 1. The fourth-order valence-electron chi connectivity index (χ4n) is 2.14. The Hall–Kier alpha value is -2.55. The van der Waals surface area contributed by atoms with Crippen molar-refractivity contribution in [2.24, 2.45) is 0 Å². The second-order valence-electron chi connectivity index (χ2n) is 4.98. The molecule has 3 rings (SSSR count). The molecule has 2 heterocycles. The minimum absolute atomic E-state index is 0.0866. The molecule has 0 saturated heterocycles. The molecule has 23 heavy (non-hydrogen) atoms. The van der Waals surface area contributed by atoms with Gasteiger partial charge in [0.05, 0.1) is 0 Å². The van der Waals surface area contributed by atoms with E-state index in [2.05, 4.69) is 21.1 Å². The van der Waals surface area contributed by atoms with E-state index in [9.17, 15) is 10.1 Å². The predicted octanol–water partition coefficient (Wildman–Crippen LogP) is 1.33. The molecule has 0 spiro atoms. The zero-order chi connectivity index (χ0) is 16.4. The van der Waals surface area contributed by atoms with Gasteiger partial charge in [-0.15, -0.1) is 0 Å². The summed E-state index contributed by atoms with van der Waals surface area (Å²) in [5, 5.41) is 14.2. The number of para-hydroxylation sites is 1.